The molecule has 2 rings (SSSR count). The van der Waals surface area contributed by atoms with Gasteiger partial charge in [0, 0.05) is 13.0 Å². The van der Waals surface area contributed by atoms with Crippen molar-refractivity contribution in [3.8, 4) is 0 Å². The Bertz CT molecular complexity index is 209. The molecule has 0 aromatic rings. The Morgan fingerprint density at radius 2 is 2.40 bits per heavy atom. The number of carbonyl (C=O) groups is 1. The molecular weight excluding hydrogens is 192 g/mol. The Morgan fingerprint density at radius 3 is 3.07 bits per heavy atom. The van der Waals surface area contributed by atoms with Crippen molar-refractivity contribution in [2.45, 2.75) is 31.7 Å². The first-order valence-corrected chi connectivity index (χ1v) is 5.92. The van der Waals surface area contributed by atoms with Gasteiger partial charge >= 0.3 is 0 Å². The van der Waals surface area contributed by atoms with Crippen molar-refractivity contribution >= 4 is 5.91 Å². The molecule has 4 nitrogen and oxygen atoms in total. The molecule has 0 aromatic carbocycles. The van der Waals surface area contributed by atoms with Crippen molar-refractivity contribution in [1.29, 1.82) is 0 Å². The lowest BCUT2D eigenvalue weighted by atomic mass is 9.96. The molecule has 0 aromatic heterocycles. The molecule has 86 valence electrons. The van der Waals surface area contributed by atoms with Crippen LogP contribution in [0, 0.1) is 5.92 Å². The molecular formula is C11H20N2O2. The lowest BCUT2D eigenvalue weighted by molar-refractivity contribution is -0.122. The molecule has 2 heterocycles. The van der Waals surface area contributed by atoms with Crippen LogP contribution in [0.4, 0.5) is 0 Å². The maximum atomic E-state index is 11.7. The van der Waals surface area contributed by atoms with Crippen molar-refractivity contribution in [3.05, 3.63) is 0 Å². The van der Waals surface area contributed by atoms with E-state index >= 15 is 0 Å². The minimum absolute atomic E-state index is 0.194. The third-order valence-electron chi connectivity index (χ3n) is 3.17. The molecule has 15 heavy (non-hydrogen) atoms. The highest BCUT2D eigenvalue weighted by atomic mass is 16.5. The molecule has 0 saturated carbocycles. The number of carbonyl (C=O) groups excluding carboxylic acids is 1. The molecule has 0 aliphatic carbocycles. The van der Waals surface area contributed by atoms with Crippen LogP contribution in [-0.2, 0) is 9.53 Å². The Kier molecular flexibility index (Phi) is 3.97. The zero-order chi connectivity index (χ0) is 10.5. The van der Waals surface area contributed by atoms with E-state index in [0.717, 1.165) is 26.1 Å². The van der Waals surface area contributed by atoms with E-state index in [4.69, 9.17) is 4.74 Å². The van der Waals surface area contributed by atoms with Crippen LogP contribution in [0.25, 0.3) is 0 Å². The van der Waals surface area contributed by atoms with Gasteiger partial charge in [0.15, 0.2) is 0 Å². The Balaban J connectivity index is 1.66. The SMILES string of the molecule is O=C(CC1CCCNC1)NC1CCOC1. The van der Waals surface area contributed by atoms with E-state index in [0.29, 0.717) is 18.9 Å². The van der Waals surface area contributed by atoms with E-state index in [1.807, 2.05) is 0 Å². The fourth-order valence-electron chi connectivity index (χ4n) is 2.30. The minimum Gasteiger partial charge on any atom is -0.379 e. The van der Waals surface area contributed by atoms with Crippen LogP contribution in [0.2, 0.25) is 0 Å². The van der Waals surface area contributed by atoms with E-state index in [2.05, 4.69) is 10.6 Å². The summed E-state index contributed by atoms with van der Waals surface area (Å²) < 4.78 is 5.22. The predicted molar refractivity (Wildman–Crippen MR) is 57.6 cm³/mol. The summed E-state index contributed by atoms with van der Waals surface area (Å²) in [7, 11) is 0. The molecule has 2 N–H and O–H groups in total. The number of hydrogen-bond acceptors (Lipinski definition) is 3. The normalized spacial score (nSPS) is 31.5. The molecule has 0 bridgehead atoms. The number of ether oxygens (including phenoxy) is 1. The van der Waals surface area contributed by atoms with Crippen molar-refractivity contribution in [2.24, 2.45) is 5.92 Å². The summed E-state index contributed by atoms with van der Waals surface area (Å²) >= 11 is 0. The maximum absolute atomic E-state index is 11.7. The second-order valence-corrected chi connectivity index (χ2v) is 4.54. The highest BCUT2D eigenvalue weighted by molar-refractivity contribution is 5.76. The first-order valence-electron chi connectivity index (χ1n) is 5.92. The number of amides is 1. The van der Waals surface area contributed by atoms with Crippen LogP contribution in [0.15, 0.2) is 0 Å². The van der Waals surface area contributed by atoms with Crippen molar-refractivity contribution < 1.29 is 9.53 Å². The molecule has 2 aliphatic rings. The van der Waals surface area contributed by atoms with Crippen LogP contribution in [0.1, 0.15) is 25.7 Å². The first-order chi connectivity index (χ1) is 7.34. The Morgan fingerprint density at radius 1 is 1.47 bits per heavy atom. The van der Waals surface area contributed by atoms with E-state index in [1.54, 1.807) is 0 Å². The van der Waals surface area contributed by atoms with E-state index in [-0.39, 0.29) is 11.9 Å². The van der Waals surface area contributed by atoms with E-state index in [9.17, 15) is 4.79 Å². The molecule has 2 atom stereocenters. The van der Waals surface area contributed by atoms with Crippen LogP contribution in [0.3, 0.4) is 0 Å². The van der Waals surface area contributed by atoms with Gasteiger partial charge in [-0.2, -0.15) is 0 Å². The lowest BCUT2D eigenvalue weighted by Gasteiger charge is -2.22. The van der Waals surface area contributed by atoms with Gasteiger partial charge < -0.3 is 15.4 Å². The van der Waals surface area contributed by atoms with Gasteiger partial charge in [-0.15, -0.1) is 0 Å². The van der Waals surface area contributed by atoms with Gasteiger partial charge in [0.05, 0.1) is 12.6 Å². The molecule has 2 saturated heterocycles. The maximum Gasteiger partial charge on any atom is 0.220 e. The highest BCUT2D eigenvalue weighted by Gasteiger charge is 2.21. The van der Waals surface area contributed by atoms with Crippen LogP contribution in [0.5, 0.6) is 0 Å². The van der Waals surface area contributed by atoms with Crippen molar-refractivity contribution in [2.75, 3.05) is 26.3 Å². The fourth-order valence-corrected chi connectivity index (χ4v) is 2.30. The third-order valence-corrected chi connectivity index (χ3v) is 3.17. The third kappa shape index (κ3) is 3.47. The number of hydrogen-bond donors (Lipinski definition) is 2. The minimum atomic E-state index is 0.194. The van der Waals surface area contributed by atoms with Crippen molar-refractivity contribution in [3.63, 3.8) is 0 Å². The van der Waals surface area contributed by atoms with Gasteiger partial charge in [-0.3, -0.25) is 4.79 Å². The topological polar surface area (TPSA) is 50.4 Å². The van der Waals surface area contributed by atoms with Crippen LogP contribution >= 0.6 is 0 Å². The summed E-state index contributed by atoms with van der Waals surface area (Å²) in [4.78, 5) is 11.7. The second-order valence-electron chi connectivity index (χ2n) is 4.54. The van der Waals surface area contributed by atoms with Crippen LogP contribution < -0.4 is 10.6 Å². The molecule has 2 fully saturated rings. The number of piperidine rings is 1. The van der Waals surface area contributed by atoms with Gasteiger partial charge in [-0.1, -0.05) is 0 Å². The lowest BCUT2D eigenvalue weighted by Crippen LogP contribution is -2.38. The number of nitrogens with one attached hydrogen (secondary N) is 2. The van der Waals surface area contributed by atoms with Gasteiger partial charge in [0.25, 0.3) is 0 Å². The fraction of sp³-hybridized carbons (Fsp3) is 0.909. The highest BCUT2D eigenvalue weighted by Crippen LogP contribution is 2.14. The summed E-state index contributed by atoms with van der Waals surface area (Å²) in [5.74, 6) is 0.722. The quantitative estimate of drug-likeness (QED) is 0.706. The van der Waals surface area contributed by atoms with Crippen molar-refractivity contribution in [1.82, 2.24) is 10.6 Å². The Labute approximate surface area is 90.8 Å². The average Bonchev–Trinajstić information content (AvgIpc) is 2.71. The van der Waals surface area contributed by atoms with Gasteiger partial charge in [0.1, 0.15) is 0 Å². The summed E-state index contributed by atoms with van der Waals surface area (Å²) in [6.45, 7) is 3.58. The molecule has 2 aliphatic heterocycles. The van der Waals surface area contributed by atoms with E-state index in [1.165, 1.54) is 12.8 Å². The number of rotatable bonds is 3. The van der Waals surface area contributed by atoms with Gasteiger partial charge in [-0.25, -0.2) is 0 Å². The molecule has 0 radical (unpaired) electrons. The monoisotopic (exact) mass is 212 g/mol. The molecule has 0 spiro atoms. The van der Waals surface area contributed by atoms with Crippen LogP contribution in [-0.4, -0.2) is 38.3 Å². The standard InChI is InChI=1S/C11H20N2O2/c14-11(13-10-3-5-15-8-10)6-9-2-1-4-12-7-9/h9-10,12H,1-8H2,(H,13,14). The zero-order valence-electron chi connectivity index (χ0n) is 9.13. The Hall–Kier alpha value is -0.610. The average molecular weight is 212 g/mol. The second kappa shape index (κ2) is 5.47. The summed E-state index contributed by atoms with van der Waals surface area (Å²) in [6, 6.07) is 0.258. The van der Waals surface area contributed by atoms with Gasteiger partial charge in [0.2, 0.25) is 5.91 Å². The molecule has 4 heteroatoms. The summed E-state index contributed by atoms with van der Waals surface area (Å²) in [5, 5.41) is 6.36. The first kappa shape index (κ1) is 10.9. The largest absolute Gasteiger partial charge is 0.379 e. The van der Waals surface area contributed by atoms with Gasteiger partial charge in [-0.05, 0) is 38.3 Å². The molecule has 1 amide bonds. The van der Waals surface area contributed by atoms with E-state index < -0.39 is 0 Å². The smallest absolute Gasteiger partial charge is 0.220 e. The zero-order valence-corrected chi connectivity index (χ0v) is 9.13. The summed E-state index contributed by atoms with van der Waals surface area (Å²) in [5.41, 5.74) is 0. The summed E-state index contributed by atoms with van der Waals surface area (Å²) in [6.07, 6.45) is 4.02. The molecule has 2 unspecified atom stereocenters. The predicted octanol–water partition coefficient (Wildman–Crippen LogP) is 0.281.